The van der Waals surface area contributed by atoms with E-state index in [-0.39, 0.29) is 13.1 Å². The fraction of sp³-hybridized carbons (Fsp3) is 0.438. The zero-order valence-electron chi connectivity index (χ0n) is 13.1. The molecule has 2 amide bonds. The number of carboxylic acid groups (broad SMARTS) is 1. The van der Waals surface area contributed by atoms with E-state index >= 15 is 0 Å². The summed E-state index contributed by atoms with van der Waals surface area (Å²) in [6.45, 7) is 2.07. The van der Waals surface area contributed by atoms with Gasteiger partial charge in [0.15, 0.2) is 0 Å². The maximum atomic E-state index is 13.6. The van der Waals surface area contributed by atoms with Crippen molar-refractivity contribution in [2.75, 3.05) is 13.1 Å². The first-order chi connectivity index (χ1) is 11.2. The monoisotopic (exact) mass is 340 g/mol. The van der Waals surface area contributed by atoms with Crippen molar-refractivity contribution in [2.45, 2.75) is 31.7 Å². The SMILES string of the molecule is Cc1cccc(C2C(=O)NCCN2C(=O)CC(F)(F)CC(=O)O)c1. The van der Waals surface area contributed by atoms with Crippen LogP contribution in [-0.4, -0.2) is 46.8 Å². The van der Waals surface area contributed by atoms with E-state index in [4.69, 9.17) is 5.11 Å². The third-order valence-electron chi connectivity index (χ3n) is 3.71. The average molecular weight is 340 g/mol. The predicted octanol–water partition coefficient (Wildman–Crippen LogP) is 1.49. The summed E-state index contributed by atoms with van der Waals surface area (Å²) in [6.07, 6.45) is -2.66. The second-order valence-electron chi connectivity index (χ2n) is 5.80. The first-order valence-electron chi connectivity index (χ1n) is 7.43. The number of hydrogen-bond donors (Lipinski definition) is 2. The van der Waals surface area contributed by atoms with Gasteiger partial charge in [-0.3, -0.25) is 14.4 Å². The van der Waals surface area contributed by atoms with Gasteiger partial charge in [-0.2, -0.15) is 0 Å². The van der Waals surface area contributed by atoms with Crippen molar-refractivity contribution in [3.8, 4) is 0 Å². The quantitative estimate of drug-likeness (QED) is 0.850. The highest BCUT2D eigenvalue weighted by Crippen LogP contribution is 2.29. The van der Waals surface area contributed by atoms with Gasteiger partial charge in [-0.25, -0.2) is 8.78 Å². The summed E-state index contributed by atoms with van der Waals surface area (Å²) in [4.78, 5) is 36.0. The molecular weight excluding hydrogens is 322 g/mol. The van der Waals surface area contributed by atoms with E-state index in [1.807, 2.05) is 13.0 Å². The van der Waals surface area contributed by atoms with Crippen LogP contribution in [0.1, 0.15) is 30.0 Å². The molecule has 6 nitrogen and oxygen atoms in total. The zero-order valence-corrected chi connectivity index (χ0v) is 13.1. The van der Waals surface area contributed by atoms with Crippen LogP contribution in [0.25, 0.3) is 0 Å². The molecule has 1 aliphatic rings. The van der Waals surface area contributed by atoms with Crippen LogP contribution in [0.2, 0.25) is 0 Å². The van der Waals surface area contributed by atoms with Gasteiger partial charge < -0.3 is 15.3 Å². The van der Waals surface area contributed by atoms with Crippen LogP contribution in [0.15, 0.2) is 24.3 Å². The van der Waals surface area contributed by atoms with Gasteiger partial charge in [0.1, 0.15) is 12.5 Å². The number of alkyl halides is 2. The van der Waals surface area contributed by atoms with Crippen LogP contribution in [0.4, 0.5) is 8.78 Å². The van der Waals surface area contributed by atoms with Crippen molar-refractivity contribution in [2.24, 2.45) is 0 Å². The molecule has 8 heteroatoms. The average Bonchev–Trinajstić information content (AvgIpc) is 2.44. The zero-order chi connectivity index (χ0) is 17.9. The van der Waals surface area contributed by atoms with Crippen molar-refractivity contribution in [1.82, 2.24) is 10.2 Å². The van der Waals surface area contributed by atoms with Crippen molar-refractivity contribution in [1.29, 1.82) is 0 Å². The van der Waals surface area contributed by atoms with Crippen LogP contribution >= 0.6 is 0 Å². The Bertz CT molecular complexity index is 663. The highest BCUT2D eigenvalue weighted by atomic mass is 19.3. The molecule has 1 saturated heterocycles. The highest BCUT2D eigenvalue weighted by molar-refractivity contribution is 5.90. The third kappa shape index (κ3) is 4.27. The van der Waals surface area contributed by atoms with E-state index < -0.39 is 42.6 Å². The second-order valence-corrected chi connectivity index (χ2v) is 5.80. The molecule has 0 aliphatic carbocycles. The molecule has 1 atom stereocenters. The Balaban J connectivity index is 2.23. The molecular formula is C16H18F2N2O4. The van der Waals surface area contributed by atoms with E-state index in [2.05, 4.69) is 5.32 Å². The number of carbonyl (C=O) groups is 3. The molecule has 0 saturated carbocycles. The van der Waals surface area contributed by atoms with Crippen molar-refractivity contribution < 1.29 is 28.3 Å². The Morgan fingerprint density at radius 2 is 2.08 bits per heavy atom. The summed E-state index contributed by atoms with van der Waals surface area (Å²) in [5.74, 6) is -6.72. The molecule has 1 unspecified atom stereocenters. The predicted molar refractivity (Wildman–Crippen MR) is 80.5 cm³/mol. The second kappa shape index (κ2) is 6.94. The van der Waals surface area contributed by atoms with Gasteiger partial charge >= 0.3 is 5.97 Å². The normalized spacial score (nSPS) is 18.2. The molecule has 0 aromatic heterocycles. The van der Waals surface area contributed by atoms with Gasteiger partial charge in [-0.15, -0.1) is 0 Å². The first kappa shape index (κ1) is 17.8. The maximum absolute atomic E-state index is 13.6. The number of nitrogens with zero attached hydrogens (tertiary/aromatic N) is 1. The number of amides is 2. The summed E-state index contributed by atoms with van der Waals surface area (Å²) in [5.41, 5.74) is 1.40. The molecule has 0 radical (unpaired) electrons. The highest BCUT2D eigenvalue weighted by Gasteiger charge is 2.41. The number of benzene rings is 1. The smallest absolute Gasteiger partial charge is 0.309 e. The van der Waals surface area contributed by atoms with E-state index in [1.54, 1.807) is 18.2 Å². The Morgan fingerprint density at radius 1 is 1.38 bits per heavy atom. The van der Waals surface area contributed by atoms with Crippen LogP contribution in [0.5, 0.6) is 0 Å². The van der Waals surface area contributed by atoms with Crippen LogP contribution in [-0.2, 0) is 14.4 Å². The molecule has 1 fully saturated rings. The van der Waals surface area contributed by atoms with Gasteiger partial charge in [-0.1, -0.05) is 29.8 Å². The fourth-order valence-electron chi connectivity index (χ4n) is 2.71. The largest absolute Gasteiger partial charge is 0.481 e. The Kier molecular flexibility index (Phi) is 5.16. The summed E-state index contributed by atoms with van der Waals surface area (Å²) >= 11 is 0. The molecule has 0 spiro atoms. The Morgan fingerprint density at radius 3 is 2.71 bits per heavy atom. The third-order valence-corrected chi connectivity index (χ3v) is 3.71. The lowest BCUT2D eigenvalue weighted by molar-refractivity contribution is -0.154. The molecule has 130 valence electrons. The number of nitrogens with one attached hydrogen (secondary N) is 1. The summed E-state index contributed by atoms with van der Waals surface area (Å²) < 4.78 is 27.3. The molecule has 24 heavy (non-hydrogen) atoms. The number of aliphatic carboxylic acids is 1. The Hall–Kier alpha value is -2.51. The van der Waals surface area contributed by atoms with Crippen molar-refractivity contribution >= 4 is 17.8 Å². The molecule has 2 N–H and O–H groups in total. The minimum Gasteiger partial charge on any atom is -0.481 e. The van der Waals surface area contributed by atoms with Gasteiger partial charge in [0.2, 0.25) is 11.8 Å². The molecule has 1 aromatic rings. The number of piperazine rings is 1. The van der Waals surface area contributed by atoms with Crippen molar-refractivity contribution in [3.63, 3.8) is 0 Å². The lowest BCUT2D eigenvalue weighted by Crippen LogP contribution is -2.53. The molecule has 1 aliphatic heterocycles. The number of hydrogen-bond acceptors (Lipinski definition) is 3. The van der Waals surface area contributed by atoms with Crippen LogP contribution < -0.4 is 5.32 Å². The maximum Gasteiger partial charge on any atom is 0.309 e. The molecule has 1 aromatic carbocycles. The summed E-state index contributed by atoms with van der Waals surface area (Å²) in [7, 11) is 0. The standard InChI is InChI=1S/C16H18F2N2O4/c1-10-3-2-4-11(7-10)14-15(24)19-5-6-20(14)12(21)8-16(17,18)9-13(22)23/h2-4,7,14H,5-6,8-9H2,1H3,(H,19,24)(H,22,23). The van der Waals surface area contributed by atoms with E-state index in [0.717, 1.165) is 10.5 Å². The Labute approximate surface area is 137 Å². The molecule has 0 bridgehead atoms. The lowest BCUT2D eigenvalue weighted by atomic mass is 9.99. The van der Waals surface area contributed by atoms with Gasteiger partial charge in [0.25, 0.3) is 5.92 Å². The summed E-state index contributed by atoms with van der Waals surface area (Å²) in [6, 6.07) is 5.90. The first-order valence-corrected chi connectivity index (χ1v) is 7.43. The van der Waals surface area contributed by atoms with Gasteiger partial charge in [0, 0.05) is 13.1 Å². The van der Waals surface area contributed by atoms with Crippen LogP contribution in [0, 0.1) is 6.92 Å². The lowest BCUT2D eigenvalue weighted by Gasteiger charge is -2.36. The minimum absolute atomic E-state index is 0.0896. The minimum atomic E-state index is -3.66. The number of carboxylic acids is 1. The number of rotatable bonds is 5. The van der Waals surface area contributed by atoms with E-state index in [0.29, 0.717) is 5.56 Å². The number of carbonyl (C=O) groups excluding carboxylic acids is 2. The molecule has 2 rings (SSSR count). The van der Waals surface area contributed by atoms with Gasteiger partial charge in [-0.05, 0) is 12.5 Å². The van der Waals surface area contributed by atoms with E-state index in [9.17, 15) is 23.2 Å². The van der Waals surface area contributed by atoms with Gasteiger partial charge in [0.05, 0.1) is 6.42 Å². The number of halogens is 2. The van der Waals surface area contributed by atoms with E-state index in [1.165, 1.54) is 0 Å². The summed E-state index contributed by atoms with van der Waals surface area (Å²) in [5, 5.41) is 11.1. The topological polar surface area (TPSA) is 86.7 Å². The number of aryl methyl sites for hydroxylation is 1. The fourth-order valence-corrected chi connectivity index (χ4v) is 2.71. The van der Waals surface area contributed by atoms with Crippen LogP contribution in [0.3, 0.4) is 0 Å². The molecule has 1 heterocycles. The van der Waals surface area contributed by atoms with Crippen molar-refractivity contribution in [3.05, 3.63) is 35.4 Å².